The summed E-state index contributed by atoms with van der Waals surface area (Å²) in [7, 11) is 0. The van der Waals surface area contributed by atoms with E-state index in [1.807, 2.05) is 11.8 Å². The van der Waals surface area contributed by atoms with E-state index in [0.29, 0.717) is 31.7 Å². The molecule has 0 radical (unpaired) electrons. The highest BCUT2D eigenvalue weighted by Gasteiger charge is 2.31. The van der Waals surface area contributed by atoms with Gasteiger partial charge in [-0.05, 0) is 44.0 Å². The molecule has 1 unspecified atom stereocenters. The predicted molar refractivity (Wildman–Crippen MR) is 89.2 cm³/mol. The van der Waals surface area contributed by atoms with Gasteiger partial charge in [-0.3, -0.25) is 14.5 Å². The van der Waals surface area contributed by atoms with Crippen LogP contribution in [0.4, 0.5) is 4.39 Å². The Morgan fingerprint density at radius 3 is 2.08 bits per heavy atom. The quantitative estimate of drug-likeness (QED) is 0.844. The molecule has 24 heavy (non-hydrogen) atoms. The third-order valence-electron chi connectivity index (χ3n) is 5.02. The number of benzene rings is 1. The zero-order valence-corrected chi connectivity index (χ0v) is 14.1. The van der Waals surface area contributed by atoms with Crippen molar-refractivity contribution in [2.24, 2.45) is 0 Å². The van der Waals surface area contributed by atoms with E-state index in [1.165, 1.54) is 24.3 Å². The van der Waals surface area contributed by atoms with Crippen molar-refractivity contribution in [3.8, 4) is 0 Å². The normalized spacial score (nSPS) is 20.2. The first-order valence-electron chi connectivity index (χ1n) is 8.64. The molecule has 0 spiro atoms. The molecule has 0 saturated carbocycles. The Labute approximate surface area is 142 Å². The smallest absolute Gasteiger partial charge is 0.253 e. The van der Waals surface area contributed by atoms with Crippen LogP contribution in [0.2, 0.25) is 0 Å². The van der Waals surface area contributed by atoms with Gasteiger partial charge in [0.2, 0.25) is 5.91 Å². The summed E-state index contributed by atoms with van der Waals surface area (Å²) in [5.41, 5.74) is 0.506. The maximum Gasteiger partial charge on any atom is 0.253 e. The first-order chi connectivity index (χ1) is 11.6. The number of amides is 2. The summed E-state index contributed by atoms with van der Waals surface area (Å²) in [6, 6.07) is 5.51. The van der Waals surface area contributed by atoms with Crippen molar-refractivity contribution < 1.29 is 14.0 Å². The molecule has 1 aromatic rings. The minimum atomic E-state index is -0.342. The van der Waals surface area contributed by atoms with Gasteiger partial charge in [0.25, 0.3) is 5.91 Å². The molecule has 5 nitrogen and oxygen atoms in total. The van der Waals surface area contributed by atoms with Gasteiger partial charge in [-0.15, -0.1) is 0 Å². The van der Waals surface area contributed by atoms with Crippen LogP contribution in [0.25, 0.3) is 0 Å². The third kappa shape index (κ3) is 3.59. The van der Waals surface area contributed by atoms with E-state index in [2.05, 4.69) is 4.90 Å². The molecule has 2 heterocycles. The molecule has 0 aromatic heterocycles. The van der Waals surface area contributed by atoms with Gasteiger partial charge in [-0.25, -0.2) is 4.39 Å². The minimum Gasteiger partial charge on any atom is -0.341 e. The summed E-state index contributed by atoms with van der Waals surface area (Å²) < 4.78 is 13.0. The lowest BCUT2D eigenvalue weighted by Crippen LogP contribution is -2.55. The van der Waals surface area contributed by atoms with Crippen LogP contribution in [0.1, 0.15) is 30.1 Å². The van der Waals surface area contributed by atoms with E-state index < -0.39 is 0 Å². The number of rotatable bonds is 3. The molecule has 2 saturated heterocycles. The van der Waals surface area contributed by atoms with Crippen molar-refractivity contribution in [2.75, 3.05) is 39.3 Å². The number of likely N-dealkylation sites (tertiary alicyclic amines) is 1. The summed E-state index contributed by atoms with van der Waals surface area (Å²) in [6.07, 6.45) is 2.19. The molecule has 0 bridgehead atoms. The van der Waals surface area contributed by atoms with Gasteiger partial charge in [0.1, 0.15) is 5.82 Å². The second kappa shape index (κ2) is 7.30. The molecule has 2 fully saturated rings. The number of halogens is 1. The first kappa shape index (κ1) is 16.9. The Morgan fingerprint density at radius 1 is 0.917 bits per heavy atom. The van der Waals surface area contributed by atoms with Crippen molar-refractivity contribution in [1.82, 2.24) is 14.7 Å². The van der Waals surface area contributed by atoms with Crippen LogP contribution in [0.3, 0.4) is 0 Å². The van der Waals surface area contributed by atoms with Crippen molar-refractivity contribution in [1.29, 1.82) is 0 Å². The Morgan fingerprint density at radius 2 is 1.50 bits per heavy atom. The zero-order chi connectivity index (χ0) is 17.1. The number of nitrogens with zero attached hydrogens (tertiary/aromatic N) is 3. The number of piperazine rings is 1. The van der Waals surface area contributed by atoms with Crippen LogP contribution in [-0.4, -0.2) is 71.8 Å². The Bertz CT molecular complexity index is 591. The summed E-state index contributed by atoms with van der Waals surface area (Å²) in [4.78, 5) is 30.8. The fraction of sp³-hybridized carbons (Fsp3) is 0.556. The molecular formula is C18H24FN3O2. The largest absolute Gasteiger partial charge is 0.341 e. The average Bonchev–Trinajstić information content (AvgIpc) is 3.15. The summed E-state index contributed by atoms with van der Waals surface area (Å²) in [6.45, 7) is 6.25. The summed E-state index contributed by atoms with van der Waals surface area (Å²) in [5, 5.41) is 0. The fourth-order valence-corrected chi connectivity index (χ4v) is 3.45. The van der Waals surface area contributed by atoms with Gasteiger partial charge in [0.15, 0.2) is 0 Å². The molecule has 1 aromatic carbocycles. The highest BCUT2D eigenvalue weighted by molar-refractivity contribution is 5.94. The number of hydrogen-bond donors (Lipinski definition) is 0. The molecule has 2 aliphatic heterocycles. The van der Waals surface area contributed by atoms with Gasteiger partial charge >= 0.3 is 0 Å². The van der Waals surface area contributed by atoms with E-state index >= 15 is 0 Å². The van der Waals surface area contributed by atoms with Crippen LogP contribution in [0.5, 0.6) is 0 Å². The van der Waals surface area contributed by atoms with Crippen LogP contribution in [0, 0.1) is 5.82 Å². The second-order valence-corrected chi connectivity index (χ2v) is 6.54. The first-order valence-corrected chi connectivity index (χ1v) is 8.64. The van der Waals surface area contributed by atoms with Crippen molar-refractivity contribution in [3.63, 3.8) is 0 Å². The van der Waals surface area contributed by atoms with E-state index in [0.717, 1.165) is 25.9 Å². The predicted octanol–water partition coefficient (Wildman–Crippen LogP) is 1.59. The van der Waals surface area contributed by atoms with E-state index in [9.17, 15) is 14.0 Å². The molecule has 0 N–H and O–H groups in total. The summed E-state index contributed by atoms with van der Waals surface area (Å²) >= 11 is 0. The molecule has 1 atom stereocenters. The van der Waals surface area contributed by atoms with Crippen molar-refractivity contribution >= 4 is 11.8 Å². The topological polar surface area (TPSA) is 43.9 Å². The zero-order valence-electron chi connectivity index (χ0n) is 14.1. The average molecular weight is 333 g/mol. The Kier molecular flexibility index (Phi) is 5.14. The summed E-state index contributed by atoms with van der Waals surface area (Å²) in [5.74, 6) is -0.218. The molecule has 2 amide bonds. The maximum atomic E-state index is 13.0. The van der Waals surface area contributed by atoms with Gasteiger partial charge in [0, 0.05) is 44.8 Å². The van der Waals surface area contributed by atoms with Crippen molar-refractivity contribution in [2.45, 2.75) is 25.8 Å². The van der Waals surface area contributed by atoms with E-state index in [1.54, 1.807) is 4.90 Å². The molecule has 0 aliphatic carbocycles. The number of carbonyl (C=O) groups excluding carboxylic acids is 2. The number of carbonyl (C=O) groups is 2. The highest BCUT2D eigenvalue weighted by Crippen LogP contribution is 2.15. The molecule has 6 heteroatoms. The highest BCUT2D eigenvalue weighted by atomic mass is 19.1. The van der Waals surface area contributed by atoms with E-state index in [-0.39, 0.29) is 23.7 Å². The van der Waals surface area contributed by atoms with Crippen molar-refractivity contribution in [3.05, 3.63) is 35.6 Å². The van der Waals surface area contributed by atoms with Crippen LogP contribution in [-0.2, 0) is 4.79 Å². The third-order valence-corrected chi connectivity index (χ3v) is 5.02. The molecule has 2 aliphatic rings. The number of hydrogen-bond acceptors (Lipinski definition) is 3. The Balaban J connectivity index is 1.54. The lowest BCUT2D eigenvalue weighted by atomic mass is 10.1. The van der Waals surface area contributed by atoms with Crippen LogP contribution < -0.4 is 0 Å². The molecule has 130 valence electrons. The maximum absolute atomic E-state index is 13.0. The lowest BCUT2D eigenvalue weighted by Gasteiger charge is -2.38. The monoisotopic (exact) mass is 333 g/mol. The minimum absolute atomic E-state index is 0.0758. The fourth-order valence-electron chi connectivity index (χ4n) is 3.45. The van der Waals surface area contributed by atoms with Crippen LogP contribution >= 0.6 is 0 Å². The van der Waals surface area contributed by atoms with Gasteiger partial charge < -0.3 is 9.80 Å². The molecule has 3 rings (SSSR count). The van der Waals surface area contributed by atoms with Crippen LogP contribution in [0.15, 0.2) is 24.3 Å². The second-order valence-electron chi connectivity index (χ2n) is 6.54. The van der Waals surface area contributed by atoms with E-state index in [4.69, 9.17) is 0 Å². The SMILES string of the molecule is CC(C(=O)N1CCCC1)N1CCN(C(=O)c2ccc(F)cc2)CC1. The van der Waals surface area contributed by atoms with Gasteiger partial charge in [-0.1, -0.05) is 0 Å². The Hall–Kier alpha value is -1.95. The van der Waals surface area contributed by atoms with Gasteiger partial charge in [-0.2, -0.15) is 0 Å². The lowest BCUT2D eigenvalue weighted by molar-refractivity contribution is -0.135. The standard InChI is InChI=1S/C18H24FN3O2/c1-14(17(23)21-8-2-3-9-21)20-10-12-22(13-11-20)18(24)15-4-6-16(19)7-5-15/h4-7,14H,2-3,8-13H2,1H3. The van der Waals surface area contributed by atoms with Gasteiger partial charge in [0.05, 0.1) is 6.04 Å². The molecular weight excluding hydrogens is 309 g/mol.